The summed E-state index contributed by atoms with van der Waals surface area (Å²) in [6.07, 6.45) is 1.69. The van der Waals surface area contributed by atoms with Gasteiger partial charge in [-0.2, -0.15) is 4.31 Å². The molecule has 40 heavy (non-hydrogen) atoms. The molecule has 0 radical (unpaired) electrons. The van der Waals surface area contributed by atoms with Gasteiger partial charge in [0.05, 0.1) is 22.0 Å². The fourth-order valence-electron chi connectivity index (χ4n) is 4.97. The lowest BCUT2D eigenvalue weighted by Gasteiger charge is -2.38. The molecule has 0 amide bonds. The van der Waals surface area contributed by atoms with Crippen LogP contribution in [-0.4, -0.2) is 98.6 Å². The van der Waals surface area contributed by atoms with Crippen molar-refractivity contribution in [1.82, 2.24) is 14.3 Å². The second-order valence-corrected chi connectivity index (χ2v) is 15.9. The summed E-state index contributed by atoms with van der Waals surface area (Å²) in [5.74, 6) is 0.319. The summed E-state index contributed by atoms with van der Waals surface area (Å²) in [7, 11) is -10.0. The SMILES string of the molecule is CNS(=O)(=O)c1cccc(OCC(O)CNC2COC3(CCN(S(=O)(=O)c4ccccc4S(C)(=O)=O)CC3)C2)c1. The Kier molecular flexibility index (Phi) is 9.26. The molecule has 0 saturated carbocycles. The Bertz CT molecular complexity index is 1520. The highest BCUT2D eigenvalue weighted by molar-refractivity contribution is 7.93. The van der Waals surface area contributed by atoms with E-state index in [1.54, 1.807) is 12.1 Å². The maximum absolute atomic E-state index is 13.3. The molecule has 12 nitrogen and oxygen atoms in total. The molecule has 2 fully saturated rings. The third-order valence-corrected chi connectivity index (χ3v) is 11.8. The summed E-state index contributed by atoms with van der Waals surface area (Å²) in [5, 5.41) is 13.7. The fourth-order valence-corrected chi connectivity index (χ4v) is 8.78. The van der Waals surface area contributed by atoms with Crippen molar-refractivity contribution in [3.63, 3.8) is 0 Å². The lowest BCUT2D eigenvalue weighted by molar-refractivity contribution is -0.0312. The van der Waals surface area contributed by atoms with Crippen LogP contribution in [0.2, 0.25) is 0 Å². The molecule has 2 saturated heterocycles. The van der Waals surface area contributed by atoms with Gasteiger partial charge in [-0.25, -0.2) is 30.0 Å². The van der Waals surface area contributed by atoms with Crippen LogP contribution < -0.4 is 14.8 Å². The average Bonchev–Trinajstić information content (AvgIpc) is 3.32. The number of nitrogens with one attached hydrogen (secondary N) is 2. The number of benzene rings is 2. The molecular formula is C25H35N3O9S3. The molecule has 2 unspecified atom stereocenters. The van der Waals surface area contributed by atoms with Gasteiger partial charge < -0.3 is 19.9 Å². The lowest BCUT2D eigenvalue weighted by Crippen LogP contribution is -2.47. The van der Waals surface area contributed by atoms with Gasteiger partial charge >= 0.3 is 0 Å². The first kappa shape index (κ1) is 30.8. The number of aliphatic hydroxyl groups is 1. The quantitative estimate of drug-likeness (QED) is 0.320. The summed E-state index contributed by atoms with van der Waals surface area (Å²) in [6, 6.07) is 11.6. The average molecular weight is 618 g/mol. The van der Waals surface area contributed by atoms with E-state index in [0.717, 1.165) is 6.26 Å². The Balaban J connectivity index is 1.27. The Morgan fingerprint density at radius 2 is 1.73 bits per heavy atom. The highest BCUT2D eigenvalue weighted by Gasteiger charge is 2.45. The van der Waals surface area contributed by atoms with Crippen LogP contribution in [0.1, 0.15) is 19.3 Å². The summed E-state index contributed by atoms with van der Waals surface area (Å²) >= 11 is 0. The molecule has 0 aliphatic carbocycles. The molecule has 2 aliphatic heterocycles. The molecular weight excluding hydrogens is 582 g/mol. The fraction of sp³-hybridized carbons (Fsp3) is 0.520. The maximum atomic E-state index is 13.3. The van der Waals surface area contributed by atoms with Crippen molar-refractivity contribution >= 4 is 29.9 Å². The number of nitrogens with zero attached hydrogens (tertiary/aromatic N) is 1. The number of piperidine rings is 1. The lowest BCUT2D eigenvalue weighted by atomic mass is 9.88. The molecule has 2 aromatic carbocycles. The number of rotatable bonds is 11. The van der Waals surface area contributed by atoms with Gasteiger partial charge in [0.1, 0.15) is 23.4 Å². The number of ether oxygens (including phenoxy) is 2. The molecule has 1 spiro atoms. The molecule has 2 aliphatic rings. The van der Waals surface area contributed by atoms with Crippen molar-refractivity contribution in [2.45, 2.75) is 51.7 Å². The molecule has 2 heterocycles. The van der Waals surface area contributed by atoms with E-state index in [4.69, 9.17) is 9.47 Å². The Hall–Kier alpha value is -2.11. The van der Waals surface area contributed by atoms with E-state index in [2.05, 4.69) is 10.0 Å². The van der Waals surface area contributed by atoms with Crippen LogP contribution in [0, 0.1) is 0 Å². The van der Waals surface area contributed by atoms with E-state index in [-0.39, 0.29) is 47.0 Å². The van der Waals surface area contributed by atoms with Gasteiger partial charge in [0, 0.05) is 38.0 Å². The number of sulfone groups is 1. The van der Waals surface area contributed by atoms with Crippen LogP contribution in [0.5, 0.6) is 5.75 Å². The van der Waals surface area contributed by atoms with Crippen LogP contribution in [-0.2, 0) is 34.6 Å². The predicted molar refractivity (Wildman–Crippen MR) is 147 cm³/mol. The van der Waals surface area contributed by atoms with E-state index in [1.807, 2.05) is 0 Å². The van der Waals surface area contributed by atoms with Gasteiger partial charge in [0.15, 0.2) is 9.84 Å². The molecule has 222 valence electrons. The molecule has 4 rings (SSSR count). The Morgan fingerprint density at radius 1 is 1.05 bits per heavy atom. The monoisotopic (exact) mass is 617 g/mol. The van der Waals surface area contributed by atoms with Gasteiger partial charge in [-0.15, -0.1) is 0 Å². The van der Waals surface area contributed by atoms with Crippen LogP contribution in [0.3, 0.4) is 0 Å². The first-order chi connectivity index (χ1) is 18.8. The molecule has 3 N–H and O–H groups in total. The molecule has 0 bridgehead atoms. The number of hydrogen-bond donors (Lipinski definition) is 3. The summed E-state index contributed by atoms with van der Waals surface area (Å²) in [6.45, 7) is 0.983. The van der Waals surface area contributed by atoms with Crippen LogP contribution in [0.25, 0.3) is 0 Å². The number of sulfonamides is 2. The van der Waals surface area contributed by atoms with E-state index in [9.17, 15) is 30.4 Å². The minimum Gasteiger partial charge on any atom is -0.491 e. The number of hydrogen-bond acceptors (Lipinski definition) is 10. The van der Waals surface area contributed by atoms with Crippen LogP contribution >= 0.6 is 0 Å². The normalized spacial score (nSPS) is 20.9. The zero-order valence-electron chi connectivity index (χ0n) is 22.3. The van der Waals surface area contributed by atoms with Crippen molar-refractivity contribution in [1.29, 1.82) is 0 Å². The van der Waals surface area contributed by atoms with Gasteiger partial charge in [0.2, 0.25) is 20.0 Å². The first-order valence-electron chi connectivity index (χ1n) is 12.8. The van der Waals surface area contributed by atoms with Crippen molar-refractivity contribution in [3.8, 4) is 5.75 Å². The molecule has 2 aromatic rings. The Labute approximate surface area is 235 Å². The second-order valence-electron chi connectivity index (χ2n) is 10.1. The minimum atomic E-state index is -4.00. The van der Waals surface area contributed by atoms with Gasteiger partial charge in [-0.1, -0.05) is 18.2 Å². The first-order valence-corrected chi connectivity index (χ1v) is 17.6. The third-order valence-electron chi connectivity index (χ3n) is 7.18. The number of aliphatic hydroxyl groups excluding tert-OH is 1. The van der Waals surface area contributed by atoms with Crippen molar-refractivity contribution < 1.29 is 39.8 Å². The van der Waals surface area contributed by atoms with E-state index >= 15 is 0 Å². The Morgan fingerprint density at radius 3 is 2.38 bits per heavy atom. The van der Waals surface area contributed by atoms with Crippen molar-refractivity contribution in [2.24, 2.45) is 0 Å². The van der Waals surface area contributed by atoms with Crippen LogP contribution in [0.4, 0.5) is 0 Å². The zero-order valence-corrected chi connectivity index (χ0v) is 24.8. The van der Waals surface area contributed by atoms with Crippen molar-refractivity contribution in [2.75, 3.05) is 46.2 Å². The van der Waals surface area contributed by atoms with Crippen molar-refractivity contribution in [3.05, 3.63) is 48.5 Å². The summed E-state index contributed by atoms with van der Waals surface area (Å²) < 4.78 is 90.0. The molecule has 0 aromatic heterocycles. The largest absolute Gasteiger partial charge is 0.491 e. The van der Waals surface area contributed by atoms with E-state index in [1.165, 1.54) is 47.8 Å². The predicted octanol–water partition coefficient (Wildman–Crippen LogP) is 0.340. The highest BCUT2D eigenvalue weighted by Crippen LogP contribution is 2.38. The summed E-state index contributed by atoms with van der Waals surface area (Å²) in [4.78, 5) is -0.367. The topological polar surface area (TPSA) is 168 Å². The highest BCUT2D eigenvalue weighted by atomic mass is 32.2. The summed E-state index contributed by atoms with van der Waals surface area (Å²) in [5.41, 5.74) is -0.499. The van der Waals surface area contributed by atoms with E-state index < -0.39 is 41.6 Å². The zero-order chi connectivity index (χ0) is 29.2. The van der Waals surface area contributed by atoms with E-state index in [0.29, 0.717) is 31.6 Å². The molecule has 15 heteroatoms. The maximum Gasteiger partial charge on any atom is 0.244 e. The van der Waals surface area contributed by atoms with Gasteiger partial charge in [-0.3, -0.25) is 0 Å². The van der Waals surface area contributed by atoms with Crippen LogP contribution in [0.15, 0.2) is 63.2 Å². The minimum absolute atomic E-state index is 0.0451. The second kappa shape index (κ2) is 12.0. The molecule has 2 atom stereocenters. The standard InChI is InChI=1S/C25H35N3O9S3/c1-26-39(32,33)22-7-5-6-21(14-22)36-18-20(29)16-27-19-15-25(37-17-19)10-12-28(13-11-25)40(34,35)24-9-4-3-8-23(24)38(2,30)31/h3-9,14,19-20,26-27,29H,10-13,15-18H2,1-2H3. The van der Waals surface area contributed by atoms with Gasteiger partial charge in [0.25, 0.3) is 0 Å². The third kappa shape index (κ3) is 7.02. The van der Waals surface area contributed by atoms with Gasteiger partial charge in [-0.05, 0) is 50.6 Å². The smallest absolute Gasteiger partial charge is 0.244 e.